The van der Waals surface area contributed by atoms with Crippen LogP contribution in [-0.4, -0.2) is 27.3 Å². The van der Waals surface area contributed by atoms with Crippen molar-refractivity contribution >= 4 is 34.8 Å². The van der Waals surface area contributed by atoms with Gasteiger partial charge >= 0.3 is 0 Å². The smallest absolute Gasteiger partial charge is 0.291 e. The van der Waals surface area contributed by atoms with Gasteiger partial charge in [0.1, 0.15) is 0 Å². The number of thiocarbonyl (C=S) groups is 1. The van der Waals surface area contributed by atoms with E-state index in [-0.39, 0.29) is 5.69 Å². The molecule has 1 amide bonds. The van der Waals surface area contributed by atoms with Gasteiger partial charge in [-0.25, -0.2) is 0 Å². The summed E-state index contributed by atoms with van der Waals surface area (Å²) in [5.41, 5.74) is 5.17. The summed E-state index contributed by atoms with van der Waals surface area (Å²) < 4.78 is 1.47. The number of hydrogen-bond acceptors (Lipinski definition) is 3. The van der Waals surface area contributed by atoms with E-state index in [1.54, 1.807) is 13.2 Å². The quantitative estimate of drug-likeness (QED) is 0.438. The second kappa shape index (κ2) is 7.17. The molecule has 1 heterocycles. The van der Waals surface area contributed by atoms with E-state index in [9.17, 15) is 4.79 Å². The van der Waals surface area contributed by atoms with Crippen molar-refractivity contribution < 1.29 is 4.79 Å². The SMILES string of the molecule is CCCCNC(=S)NNC(=O)c1nn(C)cc1Cl. The molecule has 0 aromatic carbocycles. The van der Waals surface area contributed by atoms with Crippen molar-refractivity contribution in [2.75, 3.05) is 6.54 Å². The van der Waals surface area contributed by atoms with E-state index in [4.69, 9.17) is 23.8 Å². The Bertz CT molecular complexity index is 434. The van der Waals surface area contributed by atoms with Gasteiger partial charge in [-0.15, -0.1) is 0 Å². The molecule has 0 radical (unpaired) electrons. The second-order valence-electron chi connectivity index (χ2n) is 3.69. The first-order chi connectivity index (χ1) is 8.54. The minimum atomic E-state index is -0.430. The minimum absolute atomic E-state index is 0.156. The number of hydrogen-bond donors (Lipinski definition) is 3. The van der Waals surface area contributed by atoms with Crippen LogP contribution >= 0.6 is 23.8 Å². The van der Waals surface area contributed by atoms with Crippen molar-refractivity contribution in [3.8, 4) is 0 Å². The molecule has 1 aromatic rings. The molecule has 8 heteroatoms. The maximum absolute atomic E-state index is 11.7. The van der Waals surface area contributed by atoms with Gasteiger partial charge in [-0.2, -0.15) is 5.10 Å². The van der Waals surface area contributed by atoms with Crippen LogP contribution in [0.4, 0.5) is 0 Å². The van der Waals surface area contributed by atoms with E-state index < -0.39 is 5.91 Å². The van der Waals surface area contributed by atoms with Crippen molar-refractivity contribution in [2.45, 2.75) is 19.8 Å². The molecule has 0 fully saturated rings. The number of nitrogens with one attached hydrogen (secondary N) is 3. The van der Waals surface area contributed by atoms with Gasteiger partial charge in [0.25, 0.3) is 5.91 Å². The van der Waals surface area contributed by atoms with E-state index in [0.29, 0.717) is 10.1 Å². The first-order valence-electron chi connectivity index (χ1n) is 5.58. The zero-order valence-corrected chi connectivity index (χ0v) is 11.9. The molecule has 18 heavy (non-hydrogen) atoms. The summed E-state index contributed by atoms with van der Waals surface area (Å²) >= 11 is 10.8. The zero-order chi connectivity index (χ0) is 13.5. The highest BCUT2D eigenvalue weighted by atomic mass is 35.5. The fourth-order valence-corrected chi connectivity index (χ4v) is 1.63. The molecule has 0 unspecified atom stereocenters. The molecule has 0 saturated carbocycles. The van der Waals surface area contributed by atoms with Crippen LogP contribution in [-0.2, 0) is 7.05 Å². The van der Waals surface area contributed by atoms with Gasteiger partial charge in [0.15, 0.2) is 10.8 Å². The maximum atomic E-state index is 11.7. The van der Waals surface area contributed by atoms with Crippen LogP contribution in [0.15, 0.2) is 6.20 Å². The largest absolute Gasteiger partial charge is 0.361 e. The lowest BCUT2D eigenvalue weighted by molar-refractivity contribution is 0.0938. The first-order valence-corrected chi connectivity index (χ1v) is 6.36. The van der Waals surface area contributed by atoms with Crippen LogP contribution in [0.5, 0.6) is 0 Å². The topological polar surface area (TPSA) is 71.0 Å². The van der Waals surface area contributed by atoms with Crippen LogP contribution in [0.1, 0.15) is 30.3 Å². The lowest BCUT2D eigenvalue weighted by Gasteiger charge is -2.10. The highest BCUT2D eigenvalue weighted by Crippen LogP contribution is 2.12. The Morgan fingerprint density at radius 2 is 2.28 bits per heavy atom. The number of carbonyl (C=O) groups is 1. The lowest BCUT2D eigenvalue weighted by Crippen LogP contribution is -2.47. The Morgan fingerprint density at radius 3 is 2.83 bits per heavy atom. The summed E-state index contributed by atoms with van der Waals surface area (Å²) in [7, 11) is 1.69. The number of aryl methyl sites for hydroxylation is 1. The number of unbranched alkanes of at least 4 members (excludes halogenated alkanes) is 1. The van der Waals surface area contributed by atoms with Crippen molar-refractivity contribution in [1.29, 1.82) is 0 Å². The molecule has 0 atom stereocenters. The van der Waals surface area contributed by atoms with Gasteiger partial charge in [0.2, 0.25) is 0 Å². The van der Waals surface area contributed by atoms with Gasteiger partial charge in [-0.3, -0.25) is 20.3 Å². The molecule has 100 valence electrons. The van der Waals surface area contributed by atoms with Crippen molar-refractivity contribution in [3.05, 3.63) is 16.9 Å². The average Bonchev–Trinajstić information content (AvgIpc) is 2.66. The molecule has 0 spiro atoms. The third-order valence-corrected chi connectivity index (χ3v) is 2.63. The third kappa shape index (κ3) is 4.50. The standard InChI is InChI=1S/C10H16ClN5OS/c1-3-4-5-12-10(18)14-13-9(17)8-7(11)6-16(2)15-8/h6H,3-5H2,1-2H3,(H,13,17)(H2,12,14,18). The molecule has 3 N–H and O–H groups in total. The van der Waals surface area contributed by atoms with E-state index in [0.717, 1.165) is 19.4 Å². The summed E-state index contributed by atoms with van der Waals surface area (Å²) in [5.74, 6) is -0.430. The molecular formula is C10H16ClN5OS. The van der Waals surface area contributed by atoms with E-state index in [1.165, 1.54) is 4.68 Å². The van der Waals surface area contributed by atoms with Crippen LogP contribution in [0.25, 0.3) is 0 Å². The summed E-state index contributed by atoms with van der Waals surface area (Å²) in [4.78, 5) is 11.7. The Kier molecular flexibility index (Phi) is 5.87. The highest BCUT2D eigenvalue weighted by Gasteiger charge is 2.14. The summed E-state index contributed by atoms with van der Waals surface area (Å²) in [6, 6.07) is 0. The summed E-state index contributed by atoms with van der Waals surface area (Å²) in [5, 5.41) is 7.55. The average molecular weight is 290 g/mol. The molecular weight excluding hydrogens is 274 g/mol. The number of aromatic nitrogens is 2. The third-order valence-electron chi connectivity index (χ3n) is 2.10. The number of carbonyl (C=O) groups excluding carboxylic acids is 1. The zero-order valence-electron chi connectivity index (χ0n) is 10.3. The van der Waals surface area contributed by atoms with Crippen LogP contribution in [0.2, 0.25) is 5.02 Å². The molecule has 6 nitrogen and oxygen atoms in total. The number of amides is 1. The van der Waals surface area contributed by atoms with Crippen LogP contribution in [0.3, 0.4) is 0 Å². The number of hydrazine groups is 1. The maximum Gasteiger partial charge on any atom is 0.291 e. The van der Waals surface area contributed by atoms with Gasteiger partial charge < -0.3 is 5.32 Å². The monoisotopic (exact) mass is 289 g/mol. The van der Waals surface area contributed by atoms with Crippen LogP contribution in [0, 0.1) is 0 Å². The van der Waals surface area contributed by atoms with E-state index >= 15 is 0 Å². The molecule has 0 saturated heterocycles. The molecule has 1 rings (SSSR count). The van der Waals surface area contributed by atoms with Crippen LogP contribution < -0.4 is 16.2 Å². The predicted octanol–water partition coefficient (Wildman–Crippen LogP) is 0.983. The van der Waals surface area contributed by atoms with Gasteiger partial charge in [0, 0.05) is 19.8 Å². The van der Waals surface area contributed by atoms with E-state index in [2.05, 4.69) is 28.2 Å². The summed E-state index contributed by atoms with van der Waals surface area (Å²) in [6.45, 7) is 2.85. The van der Waals surface area contributed by atoms with E-state index in [1.807, 2.05) is 0 Å². The lowest BCUT2D eigenvalue weighted by atomic mass is 10.3. The molecule has 0 aliphatic rings. The Hall–Kier alpha value is -1.34. The molecule has 0 aliphatic heterocycles. The Balaban J connectivity index is 2.37. The Labute approximate surface area is 116 Å². The fourth-order valence-electron chi connectivity index (χ4n) is 1.21. The normalized spacial score (nSPS) is 9.94. The van der Waals surface area contributed by atoms with Crippen molar-refractivity contribution in [3.63, 3.8) is 0 Å². The number of nitrogens with zero attached hydrogens (tertiary/aromatic N) is 2. The van der Waals surface area contributed by atoms with Gasteiger partial charge in [-0.05, 0) is 18.6 Å². The second-order valence-corrected chi connectivity index (χ2v) is 4.50. The summed E-state index contributed by atoms with van der Waals surface area (Å²) in [6.07, 6.45) is 3.64. The molecule has 0 bridgehead atoms. The van der Waals surface area contributed by atoms with Crippen molar-refractivity contribution in [2.24, 2.45) is 7.05 Å². The fraction of sp³-hybridized carbons (Fsp3) is 0.500. The molecule has 1 aromatic heterocycles. The van der Waals surface area contributed by atoms with Gasteiger partial charge in [0.05, 0.1) is 5.02 Å². The Morgan fingerprint density at radius 1 is 1.56 bits per heavy atom. The minimum Gasteiger partial charge on any atom is -0.361 e. The highest BCUT2D eigenvalue weighted by molar-refractivity contribution is 7.80. The van der Waals surface area contributed by atoms with Crippen molar-refractivity contribution in [1.82, 2.24) is 25.9 Å². The predicted molar refractivity (Wildman–Crippen MR) is 74.3 cm³/mol. The van der Waals surface area contributed by atoms with Gasteiger partial charge in [-0.1, -0.05) is 24.9 Å². The molecule has 0 aliphatic carbocycles. The number of rotatable bonds is 4. The number of halogens is 1. The first kappa shape index (κ1) is 14.7.